The van der Waals surface area contributed by atoms with E-state index in [1.165, 1.54) is 11.1 Å². The van der Waals surface area contributed by atoms with Crippen LogP contribution >= 0.6 is 0 Å². The van der Waals surface area contributed by atoms with Crippen LogP contribution in [0.15, 0.2) is 60.7 Å². The first-order valence-corrected chi connectivity index (χ1v) is 6.75. The zero-order valence-electron chi connectivity index (χ0n) is 11.3. The van der Waals surface area contributed by atoms with Gasteiger partial charge in [-0.25, -0.2) is 0 Å². The van der Waals surface area contributed by atoms with Gasteiger partial charge in [-0.1, -0.05) is 60.7 Å². The fraction of sp³-hybridized carbons (Fsp3) is 0.294. The van der Waals surface area contributed by atoms with Gasteiger partial charge in [0.15, 0.2) is 0 Å². The molecule has 19 heavy (non-hydrogen) atoms. The van der Waals surface area contributed by atoms with E-state index in [-0.39, 0.29) is 18.7 Å². The molecule has 0 spiro atoms. The first-order valence-electron chi connectivity index (χ1n) is 6.75. The lowest BCUT2D eigenvalue weighted by atomic mass is 9.98. The molecule has 2 aromatic rings. The Bertz CT molecular complexity index is 469. The lowest BCUT2D eigenvalue weighted by Crippen LogP contribution is -2.34. The van der Waals surface area contributed by atoms with Crippen molar-refractivity contribution < 1.29 is 5.11 Å². The van der Waals surface area contributed by atoms with Crippen molar-refractivity contribution in [3.8, 4) is 0 Å². The Morgan fingerprint density at radius 3 is 2.11 bits per heavy atom. The van der Waals surface area contributed by atoms with Gasteiger partial charge < -0.3 is 10.4 Å². The summed E-state index contributed by atoms with van der Waals surface area (Å²) in [5, 5.41) is 12.7. The monoisotopic (exact) mass is 255 g/mol. The van der Waals surface area contributed by atoms with Crippen LogP contribution in [0, 0.1) is 0 Å². The number of nitrogens with one attached hydrogen (secondary N) is 1. The van der Waals surface area contributed by atoms with Crippen molar-refractivity contribution in [2.45, 2.75) is 25.4 Å². The van der Waals surface area contributed by atoms with Crippen molar-refractivity contribution in [2.75, 3.05) is 6.61 Å². The first kappa shape index (κ1) is 13.8. The molecule has 0 aliphatic rings. The summed E-state index contributed by atoms with van der Waals surface area (Å²) in [5.74, 6) is 0. The lowest BCUT2D eigenvalue weighted by molar-refractivity contribution is 0.240. The Morgan fingerprint density at radius 1 is 0.947 bits per heavy atom. The van der Waals surface area contributed by atoms with Gasteiger partial charge in [0, 0.05) is 12.1 Å². The van der Waals surface area contributed by atoms with Gasteiger partial charge in [-0.15, -0.1) is 0 Å². The SMILES string of the molecule is C[C@@H](CO)N[C@@H](Cc1ccccc1)c1ccccc1. The molecule has 0 aromatic heterocycles. The highest BCUT2D eigenvalue weighted by molar-refractivity contribution is 5.23. The van der Waals surface area contributed by atoms with E-state index < -0.39 is 0 Å². The van der Waals surface area contributed by atoms with Gasteiger partial charge in [-0.2, -0.15) is 0 Å². The molecular formula is C17H21NO. The molecule has 0 saturated carbocycles. The average Bonchev–Trinajstić information content (AvgIpc) is 2.48. The maximum atomic E-state index is 9.23. The zero-order valence-corrected chi connectivity index (χ0v) is 11.3. The second kappa shape index (κ2) is 7.07. The van der Waals surface area contributed by atoms with Gasteiger partial charge in [0.2, 0.25) is 0 Å². The second-order valence-electron chi connectivity index (χ2n) is 4.90. The highest BCUT2D eigenvalue weighted by Crippen LogP contribution is 2.18. The second-order valence-corrected chi connectivity index (χ2v) is 4.90. The molecule has 2 rings (SSSR count). The standard InChI is InChI=1S/C17H21NO/c1-14(13-19)18-17(16-10-6-3-7-11-16)12-15-8-4-2-5-9-15/h2-11,14,17-19H,12-13H2,1H3/t14-,17-/m0/s1. The normalized spacial score (nSPS) is 14.0. The van der Waals surface area contributed by atoms with E-state index in [0.717, 1.165) is 6.42 Å². The molecule has 0 radical (unpaired) electrons. The van der Waals surface area contributed by atoms with Crippen LogP contribution in [0.25, 0.3) is 0 Å². The Kier molecular flexibility index (Phi) is 5.13. The number of hydrogen-bond donors (Lipinski definition) is 2. The quantitative estimate of drug-likeness (QED) is 0.832. The van der Waals surface area contributed by atoms with Crippen molar-refractivity contribution >= 4 is 0 Å². The molecule has 0 saturated heterocycles. The third kappa shape index (κ3) is 4.19. The van der Waals surface area contributed by atoms with Crippen LogP contribution in [0.4, 0.5) is 0 Å². The van der Waals surface area contributed by atoms with E-state index >= 15 is 0 Å². The van der Waals surface area contributed by atoms with Crippen LogP contribution in [0.1, 0.15) is 24.1 Å². The van der Waals surface area contributed by atoms with Gasteiger partial charge in [0.05, 0.1) is 6.61 Å². The smallest absolute Gasteiger partial charge is 0.0582 e. The van der Waals surface area contributed by atoms with E-state index in [0.29, 0.717) is 0 Å². The molecule has 0 bridgehead atoms. The molecule has 0 amide bonds. The maximum absolute atomic E-state index is 9.23. The van der Waals surface area contributed by atoms with Crippen molar-refractivity contribution in [3.63, 3.8) is 0 Å². The number of benzene rings is 2. The summed E-state index contributed by atoms with van der Waals surface area (Å²) in [5.41, 5.74) is 2.56. The van der Waals surface area contributed by atoms with Crippen molar-refractivity contribution in [1.29, 1.82) is 0 Å². The van der Waals surface area contributed by atoms with Crippen molar-refractivity contribution in [3.05, 3.63) is 71.8 Å². The van der Waals surface area contributed by atoms with E-state index in [1.54, 1.807) is 0 Å². The summed E-state index contributed by atoms with van der Waals surface area (Å²) in [6.45, 7) is 2.15. The summed E-state index contributed by atoms with van der Waals surface area (Å²) in [6, 6.07) is 21.2. The summed E-state index contributed by atoms with van der Waals surface area (Å²) < 4.78 is 0. The van der Waals surface area contributed by atoms with Crippen LogP contribution in [-0.4, -0.2) is 17.8 Å². The van der Waals surface area contributed by atoms with Gasteiger partial charge in [-0.05, 0) is 24.5 Å². The highest BCUT2D eigenvalue weighted by atomic mass is 16.3. The van der Waals surface area contributed by atoms with E-state index in [1.807, 2.05) is 19.1 Å². The predicted octanol–water partition coefficient (Wildman–Crippen LogP) is 2.94. The van der Waals surface area contributed by atoms with E-state index in [2.05, 4.69) is 53.8 Å². The Hall–Kier alpha value is -1.64. The molecule has 100 valence electrons. The molecule has 0 heterocycles. The minimum atomic E-state index is 0.0916. The topological polar surface area (TPSA) is 32.3 Å². The Balaban J connectivity index is 2.15. The molecule has 0 fully saturated rings. The van der Waals surface area contributed by atoms with Gasteiger partial charge >= 0.3 is 0 Å². The molecule has 0 aliphatic carbocycles. The number of aliphatic hydroxyl groups excluding tert-OH is 1. The van der Waals surface area contributed by atoms with Crippen LogP contribution in [0.5, 0.6) is 0 Å². The minimum absolute atomic E-state index is 0.0916. The predicted molar refractivity (Wildman–Crippen MR) is 79.0 cm³/mol. The minimum Gasteiger partial charge on any atom is -0.395 e. The summed E-state index contributed by atoms with van der Waals surface area (Å²) in [4.78, 5) is 0. The number of aliphatic hydroxyl groups is 1. The van der Waals surface area contributed by atoms with Gasteiger partial charge in [-0.3, -0.25) is 0 Å². The summed E-state index contributed by atoms with van der Waals surface area (Å²) >= 11 is 0. The molecule has 2 heteroatoms. The molecule has 2 atom stereocenters. The first-order chi connectivity index (χ1) is 9.29. The molecule has 2 aromatic carbocycles. The number of hydrogen-bond acceptors (Lipinski definition) is 2. The largest absolute Gasteiger partial charge is 0.395 e. The average molecular weight is 255 g/mol. The van der Waals surface area contributed by atoms with E-state index in [4.69, 9.17) is 0 Å². The lowest BCUT2D eigenvalue weighted by Gasteiger charge is -2.23. The van der Waals surface area contributed by atoms with Crippen LogP contribution in [-0.2, 0) is 6.42 Å². The van der Waals surface area contributed by atoms with Crippen molar-refractivity contribution in [1.82, 2.24) is 5.32 Å². The molecule has 2 N–H and O–H groups in total. The third-order valence-corrected chi connectivity index (χ3v) is 3.24. The molecule has 0 unspecified atom stereocenters. The van der Waals surface area contributed by atoms with Crippen LogP contribution < -0.4 is 5.32 Å². The van der Waals surface area contributed by atoms with Crippen LogP contribution in [0.2, 0.25) is 0 Å². The number of rotatable bonds is 6. The van der Waals surface area contributed by atoms with E-state index in [9.17, 15) is 5.11 Å². The third-order valence-electron chi connectivity index (χ3n) is 3.24. The maximum Gasteiger partial charge on any atom is 0.0582 e. The van der Waals surface area contributed by atoms with Crippen LogP contribution in [0.3, 0.4) is 0 Å². The van der Waals surface area contributed by atoms with Gasteiger partial charge in [0.25, 0.3) is 0 Å². The summed E-state index contributed by atoms with van der Waals surface area (Å²) in [7, 11) is 0. The Labute approximate surface area is 115 Å². The Morgan fingerprint density at radius 2 is 1.53 bits per heavy atom. The fourth-order valence-electron chi connectivity index (χ4n) is 2.20. The van der Waals surface area contributed by atoms with Crippen molar-refractivity contribution in [2.24, 2.45) is 0 Å². The molecular weight excluding hydrogens is 234 g/mol. The highest BCUT2D eigenvalue weighted by Gasteiger charge is 2.14. The zero-order chi connectivity index (χ0) is 13.5. The summed E-state index contributed by atoms with van der Waals surface area (Å²) in [6.07, 6.45) is 0.926. The molecule has 0 aliphatic heterocycles. The van der Waals surface area contributed by atoms with Gasteiger partial charge in [0.1, 0.15) is 0 Å². The molecule has 2 nitrogen and oxygen atoms in total. The fourth-order valence-corrected chi connectivity index (χ4v) is 2.20.